The lowest BCUT2D eigenvalue weighted by Gasteiger charge is -2.33. The lowest BCUT2D eigenvalue weighted by atomic mass is 9.80. The molecule has 3 atom stereocenters. The van der Waals surface area contributed by atoms with Gasteiger partial charge in [0.1, 0.15) is 0 Å². The normalized spacial score (nSPS) is 35.5. The summed E-state index contributed by atoms with van der Waals surface area (Å²) in [6.45, 7) is 2.04. The zero-order valence-electron chi connectivity index (χ0n) is 10.2. The molecule has 0 spiro atoms. The number of hydrogen-bond acceptors (Lipinski definition) is 1. The molecule has 0 radical (unpaired) electrons. The van der Waals surface area contributed by atoms with E-state index in [9.17, 15) is 5.11 Å². The molecule has 1 nitrogen and oxygen atoms in total. The first-order chi connectivity index (χ1) is 8.07. The van der Waals surface area contributed by atoms with Gasteiger partial charge in [-0.15, -0.1) is 0 Å². The SMILES string of the molecule is Cc1ccc(CC2(O)CC3CCC2C3)c(Cl)c1. The maximum Gasteiger partial charge on any atom is 0.0719 e. The molecule has 0 heterocycles. The lowest BCUT2D eigenvalue weighted by molar-refractivity contribution is -0.0124. The van der Waals surface area contributed by atoms with Crippen LogP contribution in [0.15, 0.2) is 18.2 Å². The van der Waals surface area contributed by atoms with Crippen LogP contribution in [0.25, 0.3) is 0 Å². The minimum Gasteiger partial charge on any atom is -0.389 e. The maximum absolute atomic E-state index is 10.8. The molecule has 0 aliphatic heterocycles. The molecule has 0 aromatic heterocycles. The van der Waals surface area contributed by atoms with Gasteiger partial charge in [0.15, 0.2) is 0 Å². The molecule has 2 aliphatic rings. The summed E-state index contributed by atoms with van der Waals surface area (Å²) in [6, 6.07) is 6.15. The summed E-state index contributed by atoms with van der Waals surface area (Å²) in [5, 5.41) is 11.6. The summed E-state index contributed by atoms with van der Waals surface area (Å²) in [5.74, 6) is 1.26. The molecule has 17 heavy (non-hydrogen) atoms. The average molecular weight is 251 g/mol. The van der Waals surface area contributed by atoms with Gasteiger partial charge in [-0.05, 0) is 61.6 Å². The van der Waals surface area contributed by atoms with Crippen LogP contribution in [0.2, 0.25) is 5.02 Å². The van der Waals surface area contributed by atoms with Gasteiger partial charge in [-0.3, -0.25) is 0 Å². The van der Waals surface area contributed by atoms with Crippen molar-refractivity contribution in [3.8, 4) is 0 Å². The van der Waals surface area contributed by atoms with Crippen molar-refractivity contribution in [2.24, 2.45) is 11.8 Å². The summed E-state index contributed by atoms with van der Waals surface area (Å²) < 4.78 is 0. The van der Waals surface area contributed by atoms with Gasteiger partial charge in [0.25, 0.3) is 0 Å². The van der Waals surface area contributed by atoms with Gasteiger partial charge >= 0.3 is 0 Å². The van der Waals surface area contributed by atoms with E-state index in [0.717, 1.165) is 29.3 Å². The van der Waals surface area contributed by atoms with Crippen LogP contribution < -0.4 is 0 Å². The highest BCUT2D eigenvalue weighted by molar-refractivity contribution is 6.31. The van der Waals surface area contributed by atoms with Gasteiger partial charge in [0.05, 0.1) is 5.60 Å². The van der Waals surface area contributed by atoms with Crippen molar-refractivity contribution in [1.82, 2.24) is 0 Å². The molecule has 2 saturated carbocycles. The molecule has 3 unspecified atom stereocenters. The van der Waals surface area contributed by atoms with Crippen LogP contribution in [-0.4, -0.2) is 10.7 Å². The van der Waals surface area contributed by atoms with E-state index in [1.54, 1.807) is 0 Å². The van der Waals surface area contributed by atoms with E-state index in [1.165, 1.54) is 24.8 Å². The highest BCUT2D eigenvalue weighted by Crippen LogP contribution is 2.52. The molecule has 0 saturated heterocycles. The van der Waals surface area contributed by atoms with Crippen LogP contribution in [0.4, 0.5) is 0 Å². The standard InChI is InChI=1S/C15H19ClO/c1-10-2-4-12(14(16)6-10)9-15(17)8-11-3-5-13(15)7-11/h2,4,6,11,13,17H,3,5,7-9H2,1H3. The second-order valence-corrected chi connectivity index (χ2v) is 6.36. The van der Waals surface area contributed by atoms with E-state index < -0.39 is 5.60 Å². The molecule has 2 aliphatic carbocycles. The Balaban J connectivity index is 1.83. The third kappa shape index (κ3) is 2.00. The van der Waals surface area contributed by atoms with Crippen LogP contribution in [-0.2, 0) is 6.42 Å². The Labute approximate surface area is 108 Å². The second-order valence-electron chi connectivity index (χ2n) is 5.96. The van der Waals surface area contributed by atoms with Crippen molar-refractivity contribution in [3.63, 3.8) is 0 Å². The molecule has 2 heteroatoms. The summed E-state index contributed by atoms with van der Waals surface area (Å²) in [7, 11) is 0. The summed E-state index contributed by atoms with van der Waals surface area (Å²) >= 11 is 6.26. The minimum absolute atomic E-state index is 0.484. The Morgan fingerprint density at radius 1 is 1.41 bits per heavy atom. The molecule has 3 rings (SSSR count). The second kappa shape index (κ2) is 4.00. The number of hydrogen-bond donors (Lipinski definition) is 1. The molecule has 1 aromatic carbocycles. The summed E-state index contributed by atoms with van der Waals surface area (Å²) in [5.41, 5.74) is 1.80. The average Bonchev–Trinajstić information content (AvgIpc) is 2.82. The van der Waals surface area contributed by atoms with E-state index >= 15 is 0 Å². The maximum atomic E-state index is 10.8. The Hall–Kier alpha value is -0.530. The molecule has 92 valence electrons. The Morgan fingerprint density at radius 2 is 2.24 bits per heavy atom. The predicted octanol–water partition coefficient (Wildman–Crippen LogP) is 3.74. The molecule has 1 N–H and O–H groups in total. The first kappa shape index (κ1) is 11.6. The minimum atomic E-state index is -0.484. The highest BCUT2D eigenvalue weighted by atomic mass is 35.5. The number of benzene rings is 1. The molecule has 1 aromatic rings. The molecule has 2 fully saturated rings. The van der Waals surface area contributed by atoms with Gasteiger partial charge in [0.2, 0.25) is 0 Å². The number of fused-ring (bicyclic) bond motifs is 2. The van der Waals surface area contributed by atoms with Crippen molar-refractivity contribution in [3.05, 3.63) is 34.3 Å². The van der Waals surface area contributed by atoms with Crippen LogP contribution in [0.5, 0.6) is 0 Å². The zero-order chi connectivity index (χ0) is 12.0. The third-order valence-electron chi connectivity index (χ3n) is 4.65. The number of aliphatic hydroxyl groups is 1. The van der Waals surface area contributed by atoms with Gasteiger partial charge in [0, 0.05) is 11.4 Å². The fourth-order valence-electron chi connectivity index (χ4n) is 3.76. The van der Waals surface area contributed by atoms with Crippen LogP contribution >= 0.6 is 11.6 Å². The first-order valence-corrected chi connectivity index (χ1v) is 6.92. The van der Waals surface area contributed by atoms with Gasteiger partial charge < -0.3 is 5.11 Å². The fourth-order valence-corrected chi connectivity index (χ4v) is 4.06. The van der Waals surface area contributed by atoms with Gasteiger partial charge in [-0.2, -0.15) is 0 Å². The fraction of sp³-hybridized carbons (Fsp3) is 0.600. The van der Waals surface area contributed by atoms with Crippen molar-refractivity contribution in [2.45, 2.75) is 44.6 Å². The number of aryl methyl sites for hydroxylation is 1. The van der Waals surface area contributed by atoms with Crippen molar-refractivity contribution in [2.75, 3.05) is 0 Å². The van der Waals surface area contributed by atoms with Crippen molar-refractivity contribution >= 4 is 11.6 Å². The van der Waals surface area contributed by atoms with Crippen molar-refractivity contribution in [1.29, 1.82) is 0 Å². The molecular weight excluding hydrogens is 232 g/mol. The van der Waals surface area contributed by atoms with E-state index in [1.807, 2.05) is 13.0 Å². The van der Waals surface area contributed by atoms with E-state index in [-0.39, 0.29) is 0 Å². The van der Waals surface area contributed by atoms with Gasteiger partial charge in [-0.1, -0.05) is 23.7 Å². The Kier molecular flexibility index (Phi) is 2.72. The van der Waals surface area contributed by atoms with Gasteiger partial charge in [-0.25, -0.2) is 0 Å². The predicted molar refractivity (Wildman–Crippen MR) is 70.3 cm³/mol. The molecule has 0 amide bonds. The third-order valence-corrected chi connectivity index (χ3v) is 5.00. The zero-order valence-corrected chi connectivity index (χ0v) is 11.0. The first-order valence-electron chi connectivity index (χ1n) is 6.54. The quantitative estimate of drug-likeness (QED) is 0.848. The molecular formula is C15H19ClO. The largest absolute Gasteiger partial charge is 0.389 e. The number of halogens is 1. The Bertz CT molecular complexity index is 443. The summed E-state index contributed by atoms with van der Waals surface area (Å²) in [4.78, 5) is 0. The van der Waals surface area contributed by atoms with Crippen LogP contribution in [0, 0.1) is 18.8 Å². The Morgan fingerprint density at radius 3 is 2.82 bits per heavy atom. The topological polar surface area (TPSA) is 20.2 Å². The van der Waals surface area contributed by atoms with Crippen LogP contribution in [0.3, 0.4) is 0 Å². The highest BCUT2D eigenvalue weighted by Gasteiger charge is 2.49. The summed E-state index contributed by atoms with van der Waals surface area (Å²) in [6.07, 6.45) is 5.44. The number of rotatable bonds is 2. The molecule has 2 bridgehead atoms. The lowest BCUT2D eigenvalue weighted by Crippen LogP contribution is -2.37. The van der Waals surface area contributed by atoms with E-state index in [0.29, 0.717) is 5.92 Å². The monoisotopic (exact) mass is 250 g/mol. The van der Waals surface area contributed by atoms with Crippen LogP contribution in [0.1, 0.15) is 36.8 Å². The van der Waals surface area contributed by atoms with E-state index in [4.69, 9.17) is 11.6 Å². The van der Waals surface area contributed by atoms with E-state index in [2.05, 4.69) is 12.1 Å². The smallest absolute Gasteiger partial charge is 0.0719 e. The van der Waals surface area contributed by atoms with Crippen molar-refractivity contribution < 1.29 is 5.11 Å².